The Kier molecular flexibility index (Phi) is 5.80. The van der Waals surface area contributed by atoms with Gasteiger partial charge >= 0.3 is 0 Å². The standard InChI is InChI=1S/C19H21N3O4/c23-19(15-26-18-8-4-7-17(13-18)22(24)25)21-11-9-20(10-12-21)14-16-5-2-1-3-6-16/h1-8,13H,9-12,14-15H2. The minimum atomic E-state index is -0.485. The van der Waals surface area contributed by atoms with Gasteiger partial charge in [0, 0.05) is 38.8 Å². The molecule has 3 rings (SSSR count). The average Bonchev–Trinajstić information content (AvgIpc) is 2.68. The third kappa shape index (κ3) is 4.80. The van der Waals surface area contributed by atoms with Gasteiger partial charge in [0.05, 0.1) is 11.0 Å². The number of benzene rings is 2. The van der Waals surface area contributed by atoms with Crippen molar-refractivity contribution >= 4 is 11.6 Å². The molecule has 1 amide bonds. The van der Waals surface area contributed by atoms with E-state index in [-0.39, 0.29) is 18.2 Å². The van der Waals surface area contributed by atoms with Gasteiger partial charge in [0.15, 0.2) is 6.61 Å². The molecule has 0 atom stereocenters. The van der Waals surface area contributed by atoms with E-state index in [2.05, 4.69) is 17.0 Å². The molecule has 7 nitrogen and oxygen atoms in total. The summed E-state index contributed by atoms with van der Waals surface area (Å²) in [4.78, 5) is 26.7. The van der Waals surface area contributed by atoms with Crippen LogP contribution in [0.1, 0.15) is 5.56 Å². The molecule has 2 aromatic carbocycles. The molecule has 7 heteroatoms. The maximum absolute atomic E-state index is 12.3. The van der Waals surface area contributed by atoms with E-state index in [0.717, 1.165) is 19.6 Å². The van der Waals surface area contributed by atoms with Crippen molar-refractivity contribution in [1.29, 1.82) is 0 Å². The number of amides is 1. The fourth-order valence-electron chi connectivity index (χ4n) is 2.92. The third-order valence-corrected chi connectivity index (χ3v) is 4.36. The first kappa shape index (κ1) is 17.9. The van der Waals surface area contributed by atoms with Crippen LogP contribution < -0.4 is 4.74 Å². The summed E-state index contributed by atoms with van der Waals surface area (Å²) in [6.45, 7) is 3.72. The Morgan fingerprint density at radius 3 is 2.46 bits per heavy atom. The van der Waals surface area contributed by atoms with Gasteiger partial charge in [0.25, 0.3) is 11.6 Å². The number of carbonyl (C=O) groups excluding carboxylic acids is 1. The molecule has 0 spiro atoms. The Labute approximate surface area is 151 Å². The SMILES string of the molecule is O=C(COc1cccc([N+](=O)[O-])c1)N1CCN(Cc2ccccc2)CC1. The normalized spacial score (nSPS) is 14.8. The molecule has 26 heavy (non-hydrogen) atoms. The number of nitro benzene ring substituents is 1. The summed E-state index contributed by atoms with van der Waals surface area (Å²) < 4.78 is 5.43. The zero-order valence-electron chi connectivity index (χ0n) is 14.4. The van der Waals surface area contributed by atoms with Gasteiger partial charge in [-0.1, -0.05) is 36.4 Å². The lowest BCUT2D eigenvalue weighted by atomic mass is 10.2. The van der Waals surface area contributed by atoms with Gasteiger partial charge in [-0.05, 0) is 11.6 Å². The van der Waals surface area contributed by atoms with Crippen LogP contribution in [0.25, 0.3) is 0 Å². The summed E-state index contributed by atoms with van der Waals surface area (Å²) in [6, 6.07) is 16.1. The Morgan fingerprint density at radius 2 is 1.77 bits per heavy atom. The Balaban J connectivity index is 1.45. The minimum absolute atomic E-state index is 0.0514. The lowest BCUT2D eigenvalue weighted by Gasteiger charge is -2.34. The number of hydrogen-bond donors (Lipinski definition) is 0. The second-order valence-electron chi connectivity index (χ2n) is 6.19. The van der Waals surface area contributed by atoms with Crippen LogP contribution in [0.3, 0.4) is 0 Å². The summed E-state index contributed by atoms with van der Waals surface area (Å²) in [6.07, 6.45) is 0. The van der Waals surface area contributed by atoms with E-state index in [1.165, 1.54) is 17.7 Å². The highest BCUT2D eigenvalue weighted by Gasteiger charge is 2.21. The van der Waals surface area contributed by atoms with E-state index >= 15 is 0 Å². The zero-order valence-corrected chi connectivity index (χ0v) is 14.4. The summed E-state index contributed by atoms with van der Waals surface area (Å²) in [7, 11) is 0. The van der Waals surface area contributed by atoms with Gasteiger partial charge in [-0.2, -0.15) is 0 Å². The lowest BCUT2D eigenvalue weighted by Crippen LogP contribution is -2.49. The predicted octanol–water partition coefficient (Wildman–Crippen LogP) is 2.32. The fourth-order valence-corrected chi connectivity index (χ4v) is 2.92. The summed E-state index contributed by atoms with van der Waals surface area (Å²) in [5, 5.41) is 10.8. The summed E-state index contributed by atoms with van der Waals surface area (Å²) in [5.74, 6) is 0.228. The van der Waals surface area contributed by atoms with Crippen molar-refractivity contribution in [1.82, 2.24) is 9.80 Å². The second-order valence-corrected chi connectivity index (χ2v) is 6.19. The number of hydrogen-bond acceptors (Lipinski definition) is 5. The number of non-ortho nitro benzene ring substituents is 1. The second kappa shape index (κ2) is 8.44. The summed E-state index contributed by atoms with van der Waals surface area (Å²) in [5.41, 5.74) is 1.21. The van der Waals surface area contributed by atoms with Crippen molar-refractivity contribution in [3.8, 4) is 5.75 Å². The molecule has 0 saturated carbocycles. The van der Waals surface area contributed by atoms with Crippen molar-refractivity contribution in [3.63, 3.8) is 0 Å². The Morgan fingerprint density at radius 1 is 1.04 bits per heavy atom. The molecule has 1 aliphatic rings. The highest BCUT2D eigenvalue weighted by molar-refractivity contribution is 5.77. The topological polar surface area (TPSA) is 75.9 Å². The van der Waals surface area contributed by atoms with Crippen molar-refractivity contribution in [3.05, 3.63) is 70.3 Å². The molecular formula is C19H21N3O4. The smallest absolute Gasteiger partial charge is 0.273 e. The predicted molar refractivity (Wildman–Crippen MR) is 96.9 cm³/mol. The van der Waals surface area contributed by atoms with Crippen LogP contribution in [0.5, 0.6) is 5.75 Å². The van der Waals surface area contributed by atoms with Crippen molar-refractivity contribution < 1.29 is 14.5 Å². The third-order valence-electron chi connectivity index (χ3n) is 4.36. The molecule has 136 valence electrons. The van der Waals surface area contributed by atoms with E-state index in [4.69, 9.17) is 4.74 Å². The molecule has 1 saturated heterocycles. The Bertz CT molecular complexity index is 758. The molecule has 0 aliphatic carbocycles. The first-order valence-corrected chi connectivity index (χ1v) is 8.53. The maximum Gasteiger partial charge on any atom is 0.273 e. The highest BCUT2D eigenvalue weighted by atomic mass is 16.6. The van der Waals surface area contributed by atoms with Gasteiger partial charge in [0.1, 0.15) is 5.75 Å². The van der Waals surface area contributed by atoms with Gasteiger partial charge in [-0.3, -0.25) is 19.8 Å². The van der Waals surface area contributed by atoms with Crippen LogP contribution in [0.2, 0.25) is 0 Å². The molecular weight excluding hydrogens is 334 g/mol. The largest absolute Gasteiger partial charge is 0.484 e. The van der Waals surface area contributed by atoms with Crippen molar-refractivity contribution in [2.24, 2.45) is 0 Å². The number of piperazine rings is 1. The number of carbonyl (C=O) groups is 1. The molecule has 1 aliphatic heterocycles. The molecule has 1 fully saturated rings. The van der Waals surface area contributed by atoms with Crippen LogP contribution in [0.15, 0.2) is 54.6 Å². The van der Waals surface area contributed by atoms with Crippen LogP contribution in [0.4, 0.5) is 5.69 Å². The van der Waals surface area contributed by atoms with Crippen LogP contribution in [-0.4, -0.2) is 53.4 Å². The molecule has 0 unspecified atom stereocenters. The highest BCUT2D eigenvalue weighted by Crippen LogP contribution is 2.19. The number of ether oxygens (including phenoxy) is 1. The van der Waals surface area contributed by atoms with E-state index < -0.39 is 4.92 Å². The van der Waals surface area contributed by atoms with Crippen LogP contribution in [-0.2, 0) is 11.3 Å². The number of nitrogens with zero attached hydrogens (tertiary/aromatic N) is 3. The average molecular weight is 355 g/mol. The molecule has 1 heterocycles. The fraction of sp³-hybridized carbons (Fsp3) is 0.316. The Hall–Kier alpha value is -2.93. The van der Waals surface area contributed by atoms with Crippen LogP contribution >= 0.6 is 0 Å². The van der Waals surface area contributed by atoms with Crippen molar-refractivity contribution in [2.75, 3.05) is 32.8 Å². The van der Waals surface area contributed by atoms with Gasteiger partial charge in [-0.25, -0.2) is 0 Å². The lowest BCUT2D eigenvalue weighted by molar-refractivity contribution is -0.384. The molecule has 2 aromatic rings. The van der Waals surface area contributed by atoms with Gasteiger partial charge < -0.3 is 9.64 Å². The number of rotatable bonds is 6. The van der Waals surface area contributed by atoms with E-state index in [9.17, 15) is 14.9 Å². The monoisotopic (exact) mass is 355 g/mol. The molecule has 0 aromatic heterocycles. The summed E-state index contributed by atoms with van der Waals surface area (Å²) >= 11 is 0. The van der Waals surface area contributed by atoms with Gasteiger partial charge in [0.2, 0.25) is 0 Å². The molecule has 0 bridgehead atoms. The van der Waals surface area contributed by atoms with E-state index in [1.807, 2.05) is 18.2 Å². The van der Waals surface area contributed by atoms with Crippen molar-refractivity contribution in [2.45, 2.75) is 6.54 Å². The quantitative estimate of drug-likeness (QED) is 0.587. The molecule has 0 N–H and O–H groups in total. The zero-order chi connectivity index (χ0) is 18.4. The van der Waals surface area contributed by atoms with E-state index in [1.54, 1.807) is 17.0 Å². The maximum atomic E-state index is 12.3. The minimum Gasteiger partial charge on any atom is -0.484 e. The van der Waals surface area contributed by atoms with Crippen LogP contribution in [0, 0.1) is 10.1 Å². The first-order chi connectivity index (χ1) is 12.6. The molecule has 0 radical (unpaired) electrons. The van der Waals surface area contributed by atoms with Gasteiger partial charge in [-0.15, -0.1) is 0 Å². The van der Waals surface area contributed by atoms with E-state index in [0.29, 0.717) is 18.8 Å². The first-order valence-electron chi connectivity index (χ1n) is 8.53. The number of nitro groups is 1.